The van der Waals surface area contributed by atoms with Crippen molar-refractivity contribution >= 4 is 29.1 Å². The monoisotopic (exact) mass is 428 g/mol. The lowest BCUT2D eigenvalue weighted by Crippen LogP contribution is -2.57. The highest BCUT2D eigenvalue weighted by atomic mass is 32.1. The molecule has 158 valence electrons. The van der Waals surface area contributed by atoms with Gasteiger partial charge in [0.15, 0.2) is 0 Å². The van der Waals surface area contributed by atoms with E-state index < -0.39 is 11.5 Å². The van der Waals surface area contributed by atoms with Crippen molar-refractivity contribution in [2.45, 2.75) is 18.4 Å². The molecule has 3 heterocycles. The number of rotatable bonds is 3. The standard InChI is InChI=1S/C21H24N4O4S/c1-24(2)19(27)16-9-25(20(28)17-10-30-12-22-17)11-21(16)7-6-13-4-5-14(29-3)8-15(13)18(26)23-21/h4-5,8,10,12,16H,6-7,9,11H2,1-3H3,(H,23,26)/t16-,21+/m1/s1. The molecule has 3 amide bonds. The smallest absolute Gasteiger partial charge is 0.273 e. The maximum atomic E-state index is 13.2. The molecule has 1 saturated heterocycles. The fraction of sp³-hybridized carbons (Fsp3) is 0.429. The largest absolute Gasteiger partial charge is 0.497 e. The number of aryl methyl sites for hydroxylation is 1. The Kier molecular flexibility index (Phi) is 5.23. The van der Waals surface area contributed by atoms with Gasteiger partial charge < -0.3 is 19.9 Å². The van der Waals surface area contributed by atoms with Crippen LogP contribution in [0.5, 0.6) is 5.75 Å². The van der Waals surface area contributed by atoms with Crippen LogP contribution in [0, 0.1) is 5.92 Å². The van der Waals surface area contributed by atoms with Crippen molar-refractivity contribution in [1.82, 2.24) is 20.1 Å². The summed E-state index contributed by atoms with van der Waals surface area (Å²) in [5, 5.41) is 4.82. The Labute approximate surface area is 178 Å². The fourth-order valence-corrected chi connectivity index (χ4v) is 4.90. The van der Waals surface area contributed by atoms with Crippen molar-refractivity contribution in [2.24, 2.45) is 5.92 Å². The third-order valence-electron chi connectivity index (χ3n) is 5.99. The Morgan fingerprint density at radius 3 is 2.83 bits per heavy atom. The topological polar surface area (TPSA) is 91.8 Å². The Hall–Kier alpha value is -2.94. The van der Waals surface area contributed by atoms with Gasteiger partial charge in [-0.3, -0.25) is 14.4 Å². The first kappa shape index (κ1) is 20.3. The molecular formula is C21H24N4O4S. The van der Waals surface area contributed by atoms with E-state index in [4.69, 9.17) is 4.74 Å². The Bertz CT molecular complexity index is 991. The number of likely N-dealkylation sites (tertiary alicyclic amines) is 1. The van der Waals surface area contributed by atoms with Crippen LogP contribution in [-0.2, 0) is 11.2 Å². The van der Waals surface area contributed by atoms with Gasteiger partial charge in [0.2, 0.25) is 5.91 Å². The van der Waals surface area contributed by atoms with Crippen LogP contribution in [0.15, 0.2) is 29.1 Å². The summed E-state index contributed by atoms with van der Waals surface area (Å²) in [6.45, 7) is 0.512. The van der Waals surface area contributed by atoms with E-state index in [2.05, 4.69) is 10.3 Å². The Morgan fingerprint density at radius 1 is 1.37 bits per heavy atom. The predicted octanol–water partition coefficient (Wildman–Crippen LogP) is 1.43. The molecule has 2 atom stereocenters. The molecule has 2 aromatic rings. The molecule has 8 nitrogen and oxygen atoms in total. The average Bonchev–Trinajstić information content (AvgIpc) is 3.37. The molecule has 0 bridgehead atoms. The lowest BCUT2D eigenvalue weighted by molar-refractivity contribution is -0.134. The number of methoxy groups -OCH3 is 1. The van der Waals surface area contributed by atoms with Crippen molar-refractivity contribution in [2.75, 3.05) is 34.3 Å². The van der Waals surface area contributed by atoms with Crippen LogP contribution in [0.25, 0.3) is 0 Å². The molecule has 9 heteroatoms. The Morgan fingerprint density at radius 2 is 2.17 bits per heavy atom. The van der Waals surface area contributed by atoms with Crippen molar-refractivity contribution in [3.8, 4) is 5.75 Å². The zero-order valence-electron chi connectivity index (χ0n) is 17.2. The quantitative estimate of drug-likeness (QED) is 0.799. The van der Waals surface area contributed by atoms with Gasteiger partial charge in [0.05, 0.1) is 24.1 Å². The van der Waals surface area contributed by atoms with Crippen LogP contribution in [0.1, 0.15) is 32.8 Å². The maximum Gasteiger partial charge on any atom is 0.273 e. The second kappa shape index (κ2) is 7.71. The third-order valence-corrected chi connectivity index (χ3v) is 6.57. The van der Waals surface area contributed by atoms with E-state index in [1.807, 2.05) is 12.1 Å². The van der Waals surface area contributed by atoms with Gasteiger partial charge in [0.25, 0.3) is 11.8 Å². The minimum Gasteiger partial charge on any atom is -0.497 e. The van der Waals surface area contributed by atoms with Gasteiger partial charge >= 0.3 is 0 Å². The number of thiazole rings is 1. The molecule has 1 aromatic carbocycles. The van der Waals surface area contributed by atoms with E-state index in [9.17, 15) is 14.4 Å². The molecule has 0 aliphatic carbocycles. The summed E-state index contributed by atoms with van der Waals surface area (Å²) in [5.41, 5.74) is 2.59. The maximum absolute atomic E-state index is 13.2. The number of fused-ring (bicyclic) bond motifs is 1. The van der Waals surface area contributed by atoms with Crippen LogP contribution in [-0.4, -0.2) is 72.3 Å². The van der Waals surface area contributed by atoms with Crippen molar-refractivity contribution in [3.63, 3.8) is 0 Å². The van der Waals surface area contributed by atoms with Crippen LogP contribution >= 0.6 is 11.3 Å². The minimum absolute atomic E-state index is 0.104. The van der Waals surface area contributed by atoms with Gasteiger partial charge in [-0.1, -0.05) is 6.07 Å². The summed E-state index contributed by atoms with van der Waals surface area (Å²) in [6.07, 6.45) is 1.18. The first-order valence-corrected chi connectivity index (χ1v) is 10.7. The Balaban J connectivity index is 1.69. The summed E-state index contributed by atoms with van der Waals surface area (Å²) >= 11 is 1.35. The van der Waals surface area contributed by atoms with E-state index in [1.54, 1.807) is 43.1 Å². The van der Waals surface area contributed by atoms with Gasteiger partial charge in [0, 0.05) is 38.1 Å². The highest BCUT2D eigenvalue weighted by Gasteiger charge is 2.53. The van der Waals surface area contributed by atoms with Gasteiger partial charge in [-0.05, 0) is 30.5 Å². The normalized spacial score (nSPS) is 23.0. The average molecular weight is 429 g/mol. The summed E-state index contributed by atoms with van der Waals surface area (Å²) in [5.74, 6) is -0.501. The van der Waals surface area contributed by atoms with Crippen molar-refractivity contribution in [3.05, 3.63) is 45.9 Å². The molecule has 1 spiro atoms. The number of carbonyl (C=O) groups excluding carboxylic acids is 3. The molecule has 1 N–H and O–H groups in total. The molecule has 1 fully saturated rings. The molecule has 0 radical (unpaired) electrons. The van der Waals surface area contributed by atoms with Crippen molar-refractivity contribution in [1.29, 1.82) is 0 Å². The third kappa shape index (κ3) is 3.43. The van der Waals surface area contributed by atoms with E-state index in [1.165, 1.54) is 16.2 Å². The number of carbonyl (C=O) groups is 3. The number of ether oxygens (including phenoxy) is 1. The highest BCUT2D eigenvalue weighted by molar-refractivity contribution is 7.07. The summed E-state index contributed by atoms with van der Waals surface area (Å²) in [6, 6.07) is 5.45. The molecule has 0 unspecified atom stereocenters. The lowest BCUT2D eigenvalue weighted by atomic mass is 9.81. The number of nitrogens with one attached hydrogen (secondary N) is 1. The van der Waals surface area contributed by atoms with Crippen LogP contribution in [0.3, 0.4) is 0 Å². The van der Waals surface area contributed by atoms with Crippen LogP contribution in [0.2, 0.25) is 0 Å². The minimum atomic E-state index is -0.837. The molecule has 0 saturated carbocycles. The second-order valence-electron chi connectivity index (χ2n) is 7.98. The zero-order chi connectivity index (χ0) is 21.5. The highest BCUT2D eigenvalue weighted by Crippen LogP contribution is 2.37. The second-order valence-corrected chi connectivity index (χ2v) is 8.70. The zero-order valence-corrected chi connectivity index (χ0v) is 18.0. The summed E-state index contributed by atoms with van der Waals surface area (Å²) in [7, 11) is 4.95. The van der Waals surface area contributed by atoms with Crippen LogP contribution in [0.4, 0.5) is 0 Å². The number of nitrogens with zero attached hydrogens (tertiary/aromatic N) is 3. The van der Waals surface area contributed by atoms with E-state index in [-0.39, 0.29) is 30.8 Å². The first-order chi connectivity index (χ1) is 14.3. The van der Waals surface area contributed by atoms with Gasteiger partial charge in [-0.15, -0.1) is 11.3 Å². The number of aromatic nitrogens is 1. The van der Waals surface area contributed by atoms with E-state index in [0.29, 0.717) is 29.8 Å². The molecule has 1 aromatic heterocycles. The number of amides is 3. The number of benzene rings is 1. The molecular weight excluding hydrogens is 404 g/mol. The van der Waals surface area contributed by atoms with E-state index >= 15 is 0 Å². The number of hydrogen-bond donors (Lipinski definition) is 1. The predicted molar refractivity (Wildman–Crippen MR) is 112 cm³/mol. The summed E-state index contributed by atoms with van der Waals surface area (Å²) < 4.78 is 5.27. The lowest BCUT2D eigenvalue weighted by Gasteiger charge is -2.34. The fourth-order valence-electron chi connectivity index (χ4n) is 4.38. The first-order valence-electron chi connectivity index (χ1n) is 9.73. The van der Waals surface area contributed by atoms with Gasteiger partial charge in [-0.25, -0.2) is 4.98 Å². The molecule has 30 heavy (non-hydrogen) atoms. The molecule has 2 aliphatic heterocycles. The SMILES string of the molecule is COc1ccc2c(c1)C(=O)N[C@@]1(CC2)CN(C(=O)c2cscn2)C[C@@H]1C(=O)N(C)C. The van der Waals surface area contributed by atoms with Gasteiger partial charge in [0.1, 0.15) is 11.4 Å². The summed E-state index contributed by atoms with van der Waals surface area (Å²) in [4.78, 5) is 46.5. The van der Waals surface area contributed by atoms with Gasteiger partial charge in [-0.2, -0.15) is 0 Å². The van der Waals surface area contributed by atoms with E-state index in [0.717, 1.165) is 5.56 Å². The molecule has 4 rings (SSSR count). The number of hydrogen-bond acceptors (Lipinski definition) is 6. The molecule has 2 aliphatic rings. The van der Waals surface area contributed by atoms with Crippen LogP contribution < -0.4 is 10.1 Å². The van der Waals surface area contributed by atoms with Crippen molar-refractivity contribution < 1.29 is 19.1 Å².